The van der Waals surface area contributed by atoms with Gasteiger partial charge in [0, 0.05) is 22.3 Å². The molecule has 0 bridgehead atoms. The zero-order valence-corrected chi connectivity index (χ0v) is 14.7. The van der Waals surface area contributed by atoms with E-state index in [1.807, 2.05) is 0 Å². The van der Waals surface area contributed by atoms with Gasteiger partial charge >= 0.3 is 11.9 Å². The van der Waals surface area contributed by atoms with Gasteiger partial charge in [0.15, 0.2) is 0 Å². The van der Waals surface area contributed by atoms with E-state index >= 15 is 0 Å². The largest absolute Gasteiger partial charge is 0.412 e. The van der Waals surface area contributed by atoms with Crippen LogP contribution in [-0.2, 0) is 0 Å². The molecule has 160 valence electrons. The van der Waals surface area contributed by atoms with Crippen molar-refractivity contribution in [2.45, 2.75) is 0 Å². The van der Waals surface area contributed by atoms with Gasteiger partial charge in [0.05, 0.1) is 0 Å². The quantitative estimate of drug-likeness (QED) is 0.101. The van der Waals surface area contributed by atoms with E-state index in [4.69, 9.17) is 23.2 Å². The minimum absolute atomic E-state index is 0. The van der Waals surface area contributed by atoms with Gasteiger partial charge in [0.2, 0.25) is 11.6 Å². The topological polar surface area (TPSA) is 362 Å². The lowest BCUT2D eigenvalue weighted by Gasteiger charge is -1.91. The highest BCUT2D eigenvalue weighted by Crippen LogP contribution is 2.03. The van der Waals surface area contributed by atoms with Crippen LogP contribution in [0.15, 0.2) is 10.2 Å². The van der Waals surface area contributed by atoms with Gasteiger partial charge in [-0.1, -0.05) is 0 Å². The normalized spacial score (nSPS) is 10.4. The molecule has 30 heavy (non-hydrogen) atoms. The number of aromatic nitrogens is 14. The first-order chi connectivity index (χ1) is 13.5. The van der Waals surface area contributed by atoms with Gasteiger partial charge in [-0.05, 0) is 0 Å². The Balaban J connectivity index is 0.000000290. The lowest BCUT2D eigenvalue weighted by molar-refractivity contribution is -0.627. The van der Waals surface area contributed by atoms with Crippen molar-refractivity contribution >= 4 is 35.9 Å². The van der Waals surface area contributed by atoms with Crippen molar-refractivity contribution in [3.8, 4) is 0 Å². The molecule has 0 saturated heterocycles. The Bertz CT molecular complexity index is 972. The van der Waals surface area contributed by atoms with Crippen LogP contribution >= 0.6 is 0 Å². The molecule has 0 unspecified atom stereocenters. The van der Waals surface area contributed by atoms with Gasteiger partial charge in [-0.2, -0.15) is 20.6 Å². The molecule has 0 spiro atoms. The highest BCUT2D eigenvalue weighted by molar-refractivity contribution is 5.60. The molecular weight excluding hydrogens is 408 g/mol. The first-order valence-corrected chi connectivity index (χ1v) is 7.03. The zero-order chi connectivity index (χ0) is 19.9. The second-order valence-electron chi connectivity index (χ2n) is 4.57. The van der Waals surface area contributed by atoms with Crippen molar-refractivity contribution in [1.82, 2.24) is 61.6 Å². The molecule has 0 radical (unpaired) electrons. The summed E-state index contributed by atoms with van der Waals surface area (Å²) in [5.74, 6) is 12.6. The highest BCUT2D eigenvalue weighted by atomic mass is 16.0. The fraction of sp³-hybridized carbons (Fsp3) is 0. The van der Waals surface area contributed by atoms with Gasteiger partial charge in [-0.3, -0.25) is 32.1 Å². The Morgan fingerprint density at radius 1 is 0.767 bits per heavy atom. The van der Waals surface area contributed by atoms with E-state index in [-0.39, 0.29) is 34.7 Å². The van der Waals surface area contributed by atoms with Crippen molar-refractivity contribution in [2.24, 2.45) is 10.2 Å². The molecule has 4 rings (SSSR count). The van der Waals surface area contributed by atoms with Crippen LogP contribution in [0.25, 0.3) is 12.2 Å². The molecule has 4 heterocycles. The van der Waals surface area contributed by atoms with Crippen LogP contribution in [0.1, 0.15) is 11.6 Å². The van der Waals surface area contributed by atoms with E-state index < -0.39 is 0 Å². The van der Waals surface area contributed by atoms with E-state index in [0.29, 0.717) is 11.6 Å². The van der Waals surface area contributed by atoms with Gasteiger partial charge < -0.3 is 22.4 Å². The maximum absolute atomic E-state index is 5.57. The van der Waals surface area contributed by atoms with Gasteiger partial charge in [-0.15, -0.1) is 19.8 Å². The third kappa shape index (κ3) is 5.44. The summed E-state index contributed by atoms with van der Waals surface area (Å²) in [6.07, 6.45) is 3.25. The summed E-state index contributed by atoms with van der Waals surface area (Å²) >= 11 is 0. The van der Waals surface area contributed by atoms with Crippen LogP contribution in [0.4, 0.5) is 23.8 Å². The predicted octanol–water partition coefficient (Wildman–Crippen LogP) is -6.79. The number of nitrogens with one attached hydrogen (secondary N) is 2. The van der Waals surface area contributed by atoms with Crippen molar-refractivity contribution < 1.29 is 20.3 Å². The summed E-state index contributed by atoms with van der Waals surface area (Å²) in [4.78, 5) is 0. The standard InChI is InChI=1S/C6H10N10.C2N10.2H2O/c7-5-13-11-3(15(5)9)1-2-4-12-14-6(8)16(4)10;3(1-5-9-10-6-1)4-2-7-11-12-8-2;;/h1-2H,9-10H2,(H4,7,8,11,12,13,14);;2*1H2/q;-2;;/p+2/b;4-3+;;. The van der Waals surface area contributed by atoms with Crippen LogP contribution in [0, 0.1) is 0 Å². The van der Waals surface area contributed by atoms with Crippen molar-refractivity contribution in [2.75, 3.05) is 23.2 Å². The first kappa shape index (κ1) is 22.9. The first-order valence-electron chi connectivity index (χ1n) is 7.03. The molecule has 22 nitrogen and oxygen atoms in total. The average molecular weight is 424 g/mol. The average Bonchev–Trinajstić information content (AvgIpc) is 3.48. The lowest BCUT2D eigenvalue weighted by Crippen LogP contribution is -2.48. The lowest BCUT2D eigenvalue weighted by atomic mass is 10.4. The molecule has 0 aliphatic carbocycles. The molecule has 0 aliphatic heterocycles. The van der Waals surface area contributed by atoms with Crippen molar-refractivity contribution in [1.29, 1.82) is 0 Å². The minimum Gasteiger partial charge on any atom is -0.412 e. The molecule has 14 N–H and O–H groups in total. The van der Waals surface area contributed by atoms with Gasteiger partial charge in [-0.25, -0.2) is 10.2 Å². The number of nitrogen functional groups attached to an aromatic ring is 4. The third-order valence-electron chi connectivity index (χ3n) is 2.83. The number of azo groups is 1. The molecule has 0 fully saturated rings. The maximum Gasteiger partial charge on any atom is 0.396 e. The van der Waals surface area contributed by atoms with E-state index in [2.05, 4.69) is 71.9 Å². The second-order valence-corrected chi connectivity index (χ2v) is 4.57. The Morgan fingerprint density at radius 3 is 1.43 bits per heavy atom. The summed E-state index contributed by atoms with van der Waals surface area (Å²) in [7, 11) is 0. The smallest absolute Gasteiger partial charge is 0.396 e. The van der Waals surface area contributed by atoms with Crippen LogP contribution in [0.3, 0.4) is 0 Å². The zero-order valence-electron chi connectivity index (χ0n) is 14.7. The van der Waals surface area contributed by atoms with E-state index in [9.17, 15) is 0 Å². The van der Waals surface area contributed by atoms with E-state index in [0.717, 1.165) is 0 Å². The number of tetrazole rings is 2. The molecule has 0 aliphatic rings. The monoisotopic (exact) mass is 424 g/mol. The SMILES string of the molecule is N(=N\c1nnn[n-]1)/c1nnn[n-]1.Nc1n[nH]c(/C=C/c2[nH]nc(N)[n+]2N)[n+]1N.O.O. The summed E-state index contributed by atoms with van der Waals surface area (Å²) in [5.41, 5.74) is 10.9. The number of anilines is 2. The predicted molar refractivity (Wildman–Crippen MR) is 93.3 cm³/mol. The maximum atomic E-state index is 5.57. The molecule has 22 heteroatoms. The molecule has 0 atom stereocenters. The fourth-order valence-electron chi connectivity index (χ4n) is 1.53. The summed E-state index contributed by atoms with van der Waals surface area (Å²) in [6, 6.07) is 0. The molecule has 0 amide bonds. The summed E-state index contributed by atoms with van der Waals surface area (Å²) in [5, 5.41) is 45.9. The number of hydrogen-bond donors (Lipinski definition) is 6. The number of aromatic amines is 2. The second kappa shape index (κ2) is 10.3. The van der Waals surface area contributed by atoms with Crippen molar-refractivity contribution in [3.05, 3.63) is 11.6 Å². The Morgan fingerprint density at radius 2 is 1.17 bits per heavy atom. The number of nitrogens with zero attached hydrogens (tertiary/aromatic N) is 14. The molecule has 0 aromatic carbocycles. The van der Waals surface area contributed by atoms with E-state index in [1.54, 1.807) is 12.2 Å². The summed E-state index contributed by atoms with van der Waals surface area (Å²) < 4.78 is 2.38. The van der Waals surface area contributed by atoms with Gasteiger partial charge in [0.1, 0.15) is 11.9 Å². The molecule has 4 aromatic rings. The highest BCUT2D eigenvalue weighted by Gasteiger charge is 2.13. The van der Waals surface area contributed by atoms with E-state index in [1.165, 1.54) is 9.35 Å². The minimum atomic E-state index is 0. The number of rotatable bonds is 4. The van der Waals surface area contributed by atoms with Crippen LogP contribution in [0.5, 0.6) is 0 Å². The number of hydrogen-bond acceptors (Lipinski definition) is 14. The van der Waals surface area contributed by atoms with Crippen molar-refractivity contribution in [3.63, 3.8) is 0 Å². The van der Waals surface area contributed by atoms with Crippen LogP contribution in [-0.4, -0.2) is 62.4 Å². The fourth-order valence-corrected chi connectivity index (χ4v) is 1.53. The number of H-pyrrole nitrogens is 2. The summed E-state index contributed by atoms with van der Waals surface area (Å²) in [6.45, 7) is 0. The van der Waals surface area contributed by atoms with Crippen LogP contribution in [0.2, 0.25) is 0 Å². The Kier molecular flexibility index (Phi) is 7.85. The Hall–Kier alpha value is -5.12. The third-order valence-corrected chi connectivity index (χ3v) is 2.83. The number of nitrogens with two attached hydrogens (primary N) is 4. The van der Waals surface area contributed by atoms with Crippen LogP contribution < -0.4 is 42.7 Å². The molecule has 4 aromatic heterocycles. The molecular formula is C8H16N20O2. The Labute approximate surface area is 164 Å². The molecule has 0 saturated carbocycles. The van der Waals surface area contributed by atoms with Gasteiger partial charge in [0.25, 0.3) is 0 Å².